The molecule has 2 heterocycles. The van der Waals surface area contributed by atoms with Crippen molar-refractivity contribution in [1.29, 1.82) is 0 Å². The molecule has 7 heteroatoms. The van der Waals surface area contributed by atoms with Gasteiger partial charge in [0.15, 0.2) is 0 Å². The third-order valence-electron chi connectivity index (χ3n) is 5.66. The Hall–Kier alpha value is -2.60. The third kappa shape index (κ3) is 3.69. The van der Waals surface area contributed by atoms with E-state index in [2.05, 4.69) is 17.1 Å². The number of nitrogens with one attached hydrogen (secondary N) is 1. The Kier molecular flexibility index (Phi) is 5.46. The van der Waals surface area contributed by atoms with E-state index in [-0.39, 0.29) is 23.0 Å². The highest BCUT2D eigenvalue weighted by Gasteiger charge is 2.37. The van der Waals surface area contributed by atoms with Crippen molar-refractivity contribution in [2.45, 2.75) is 38.8 Å². The lowest BCUT2D eigenvalue weighted by atomic mass is 10.0. The minimum atomic E-state index is -0.592. The second-order valence-corrected chi connectivity index (χ2v) is 7.84. The van der Waals surface area contributed by atoms with Gasteiger partial charge < -0.3 is 15.1 Å². The Bertz CT molecular complexity index is 965. The van der Waals surface area contributed by atoms with Gasteiger partial charge in [0.25, 0.3) is 11.8 Å². The highest BCUT2D eigenvalue weighted by Crippen LogP contribution is 2.35. The number of amides is 2. The highest BCUT2D eigenvalue weighted by atomic mass is 35.5. The lowest BCUT2D eigenvalue weighted by molar-refractivity contribution is 0.0656. The maximum atomic E-state index is 13.7. The molecule has 0 bridgehead atoms. The molecule has 4 rings (SSSR count). The molecule has 2 aliphatic heterocycles. The van der Waals surface area contributed by atoms with Gasteiger partial charge in [-0.3, -0.25) is 9.59 Å². The van der Waals surface area contributed by atoms with E-state index in [9.17, 15) is 14.0 Å². The van der Waals surface area contributed by atoms with E-state index in [0.717, 1.165) is 44.5 Å². The van der Waals surface area contributed by atoms with Crippen LogP contribution in [0.25, 0.3) is 0 Å². The third-order valence-corrected chi connectivity index (χ3v) is 5.97. The second kappa shape index (κ2) is 8.03. The van der Waals surface area contributed by atoms with Crippen LogP contribution in [0, 0.1) is 5.82 Å². The lowest BCUT2D eigenvalue weighted by Gasteiger charge is -2.44. The van der Waals surface area contributed by atoms with Crippen molar-refractivity contribution in [2.75, 3.05) is 23.3 Å². The summed E-state index contributed by atoms with van der Waals surface area (Å²) in [5, 5.41) is 2.69. The molecule has 2 aliphatic rings. The van der Waals surface area contributed by atoms with Crippen LogP contribution in [0.1, 0.15) is 53.3 Å². The van der Waals surface area contributed by atoms with Crippen molar-refractivity contribution in [1.82, 2.24) is 4.90 Å². The molecule has 2 aromatic rings. The van der Waals surface area contributed by atoms with Gasteiger partial charge >= 0.3 is 0 Å². The molecule has 2 aromatic carbocycles. The van der Waals surface area contributed by atoms with E-state index in [0.29, 0.717) is 16.8 Å². The largest absolute Gasteiger partial charge is 0.351 e. The van der Waals surface area contributed by atoms with Crippen molar-refractivity contribution in [3.63, 3.8) is 0 Å². The average molecular weight is 416 g/mol. The Morgan fingerprint density at radius 1 is 1.21 bits per heavy atom. The topological polar surface area (TPSA) is 52.7 Å². The summed E-state index contributed by atoms with van der Waals surface area (Å²) in [5.74, 6) is -0.921. The molecule has 0 aromatic heterocycles. The molecule has 0 saturated carbocycles. The van der Waals surface area contributed by atoms with Crippen LogP contribution in [0.5, 0.6) is 0 Å². The Balaban J connectivity index is 1.65. The van der Waals surface area contributed by atoms with Crippen LogP contribution >= 0.6 is 11.6 Å². The Morgan fingerprint density at radius 2 is 2.03 bits per heavy atom. The van der Waals surface area contributed by atoms with Gasteiger partial charge in [-0.2, -0.15) is 0 Å². The number of nitrogens with zero attached hydrogens (tertiary/aromatic N) is 2. The standard InChI is InChI=1S/C22H23ClFN3O2/c1-2-26-19-12-14(21(28)25-15-8-10-17(23)18(24)13-15)7-9-16(19)22(29)27-11-5-3-4-6-20(26)27/h7-10,12-13,20H,2-6,11H2,1H3,(H,25,28)/t20-/m1/s1. The van der Waals surface area contributed by atoms with E-state index < -0.39 is 5.82 Å². The second-order valence-electron chi connectivity index (χ2n) is 7.43. The van der Waals surface area contributed by atoms with Crippen LogP contribution in [0.2, 0.25) is 5.02 Å². The van der Waals surface area contributed by atoms with Crippen molar-refractivity contribution in [2.24, 2.45) is 0 Å². The summed E-state index contributed by atoms with van der Waals surface area (Å²) in [5.41, 5.74) is 2.16. The van der Waals surface area contributed by atoms with Gasteiger partial charge in [0, 0.05) is 24.3 Å². The summed E-state index contributed by atoms with van der Waals surface area (Å²) < 4.78 is 13.7. The molecule has 0 aliphatic carbocycles. The fraction of sp³-hybridized carbons (Fsp3) is 0.364. The lowest BCUT2D eigenvalue weighted by Crippen LogP contribution is -2.55. The molecule has 0 radical (unpaired) electrons. The number of hydrogen-bond acceptors (Lipinski definition) is 3. The summed E-state index contributed by atoms with van der Waals surface area (Å²) in [6.45, 7) is 3.57. The maximum Gasteiger partial charge on any atom is 0.257 e. The molecule has 1 saturated heterocycles. The van der Waals surface area contributed by atoms with Crippen molar-refractivity contribution >= 4 is 34.8 Å². The molecule has 0 unspecified atom stereocenters. The molecule has 1 fully saturated rings. The Morgan fingerprint density at radius 3 is 2.79 bits per heavy atom. The molecule has 29 heavy (non-hydrogen) atoms. The first kappa shape index (κ1) is 19.7. The molecular weight excluding hydrogens is 393 g/mol. The van der Waals surface area contributed by atoms with Gasteiger partial charge in [0.05, 0.1) is 16.3 Å². The number of rotatable bonds is 3. The van der Waals surface area contributed by atoms with Crippen LogP contribution < -0.4 is 10.2 Å². The molecular formula is C22H23ClFN3O2. The number of benzene rings is 2. The first-order valence-corrected chi connectivity index (χ1v) is 10.4. The van der Waals surface area contributed by atoms with Gasteiger partial charge in [-0.1, -0.05) is 18.0 Å². The minimum Gasteiger partial charge on any atom is -0.351 e. The fourth-order valence-corrected chi connectivity index (χ4v) is 4.33. The summed E-state index contributed by atoms with van der Waals surface area (Å²) in [6, 6.07) is 9.26. The van der Waals surface area contributed by atoms with Gasteiger partial charge in [-0.15, -0.1) is 0 Å². The van der Waals surface area contributed by atoms with Gasteiger partial charge in [-0.05, 0) is 62.6 Å². The zero-order valence-corrected chi connectivity index (χ0v) is 17.0. The zero-order valence-electron chi connectivity index (χ0n) is 16.3. The van der Waals surface area contributed by atoms with Crippen LogP contribution in [0.15, 0.2) is 36.4 Å². The molecule has 1 atom stereocenters. The van der Waals surface area contributed by atoms with E-state index in [1.165, 1.54) is 12.1 Å². The van der Waals surface area contributed by atoms with Crippen LogP contribution in [-0.2, 0) is 0 Å². The monoisotopic (exact) mass is 415 g/mol. The maximum absolute atomic E-state index is 13.7. The molecule has 1 N–H and O–H groups in total. The average Bonchev–Trinajstić information content (AvgIpc) is 2.97. The summed E-state index contributed by atoms with van der Waals surface area (Å²) in [7, 11) is 0. The SMILES string of the molecule is CCN1c2cc(C(=O)Nc3ccc(Cl)c(F)c3)ccc2C(=O)N2CCCCC[C@@H]21. The van der Waals surface area contributed by atoms with Crippen LogP contribution in [-0.4, -0.2) is 36.0 Å². The normalized spacial score (nSPS) is 18.7. The van der Waals surface area contributed by atoms with Crippen molar-refractivity contribution in [3.8, 4) is 0 Å². The predicted molar refractivity (Wildman–Crippen MR) is 112 cm³/mol. The number of fused-ring (bicyclic) bond motifs is 2. The van der Waals surface area contributed by atoms with Crippen LogP contribution in [0.4, 0.5) is 15.8 Å². The summed E-state index contributed by atoms with van der Waals surface area (Å²) in [6.07, 6.45) is 4.20. The number of anilines is 2. The zero-order chi connectivity index (χ0) is 20.5. The molecule has 0 spiro atoms. The van der Waals surface area contributed by atoms with Crippen molar-refractivity contribution < 1.29 is 14.0 Å². The quantitative estimate of drug-likeness (QED) is 0.774. The van der Waals surface area contributed by atoms with Gasteiger partial charge in [0.1, 0.15) is 12.0 Å². The number of carbonyl (C=O) groups excluding carboxylic acids is 2. The highest BCUT2D eigenvalue weighted by molar-refractivity contribution is 6.30. The fourth-order valence-electron chi connectivity index (χ4n) is 4.22. The van der Waals surface area contributed by atoms with Gasteiger partial charge in [-0.25, -0.2) is 4.39 Å². The van der Waals surface area contributed by atoms with Crippen molar-refractivity contribution in [3.05, 3.63) is 58.4 Å². The smallest absolute Gasteiger partial charge is 0.257 e. The molecule has 2 amide bonds. The first-order chi connectivity index (χ1) is 14.0. The van der Waals surface area contributed by atoms with E-state index in [1.807, 2.05) is 4.90 Å². The summed E-state index contributed by atoms with van der Waals surface area (Å²) >= 11 is 5.70. The minimum absolute atomic E-state index is 0.00170. The first-order valence-electron chi connectivity index (χ1n) is 9.97. The number of carbonyl (C=O) groups is 2. The number of hydrogen-bond donors (Lipinski definition) is 1. The van der Waals surface area contributed by atoms with E-state index in [4.69, 9.17) is 11.6 Å². The Labute approximate surface area is 174 Å². The number of halogens is 2. The van der Waals surface area contributed by atoms with E-state index in [1.54, 1.807) is 24.3 Å². The molecule has 152 valence electrons. The predicted octanol–water partition coefficient (Wildman–Crippen LogP) is 4.91. The van der Waals surface area contributed by atoms with Crippen LogP contribution in [0.3, 0.4) is 0 Å². The summed E-state index contributed by atoms with van der Waals surface area (Å²) in [4.78, 5) is 30.0. The van der Waals surface area contributed by atoms with E-state index >= 15 is 0 Å². The van der Waals surface area contributed by atoms with Gasteiger partial charge in [0.2, 0.25) is 0 Å². The molecule has 5 nitrogen and oxygen atoms in total.